The number of aromatic nitrogens is 3. The molecule has 0 bridgehead atoms. The average Bonchev–Trinajstić information content (AvgIpc) is 3.36. The van der Waals surface area contributed by atoms with E-state index in [1.165, 1.54) is 56.1 Å². The van der Waals surface area contributed by atoms with E-state index in [1.807, 2.05) is 5.43 Å². The zero-order chi connectivity index (χ0) is 52.1. The van der Waals surface area contributed by atoms with Gasteiger partial charge in [0, 0.05) is 32.7 Å². The number of unbranched alkanes of at least 4 members (excludes halogenated alkanes) is 18. The molecule has 0 aliphatic rings. The Bertz CT molecular complexity index is 1960. The fourth-order valence-electron chi connectivity index (χ4n) is 6.61. The molecule has 0 aliphatic carbocycles. The number of hydrogen-bond donors (Lipinski definition) is 2. The molecule has 0 saturated heterocycles. The zero-order valence-corrected chi connectivity index (χ0v) is 41.5. The van der Waals surface area contributed by atoms with Gasteiger partial charge in [0.15, 0.2) is 0 Å². The highest BCUT2D eigenvalue weighted by Gasteiger charge is 2.20. The molecule has 0 atom stereocenters. The molecule has 0 saturated carbocycles. The van der Waals surface area contributed by atoms with Crippen LogP contribution in [-0.2, 0) is 48.3 Å². The summed E-state index contributed by atoms with van der Waals surface area (Å²) in [6.45, 7) is 7.66. The number of nitrogens with zero attached hydrogens (tertiary/aromatic N) is 10. The standard InChI is InChI=1S/C24H36N6O6.C17H26N6O5.C6H14/c25-19-36-18-12-6-5-11-17-30-23(34)28(15-9-3-1-7-13-26-20-31)22(33)29(24(30)35)16-10-4-2-8-14-27-21-32;24-13-18-9-5-1-2-7-11-20-16(27)23(17(28)22-21-15-26)12-8-4-3-6-10-19-14-25;1-3-5-6-4-2/h1-18H2;1-12H2,(H,20,27)(H,22,28);3-6H2,1-2H3. The monoisotopic (exact) mass is 985 g/mol. The van der Waals surface area contributed by atoms with Crippen LogP contribution < -0.4 is 27.8 Å². The van der Waals surface area contributed by atoms with Crippen LogP contribution in [0.5, 0.6) is 0 Å². The number of nitrogens with one attached hydrogen (secondary N) is 2. The maximum atomic E-state index is 13.0. The van der Waals surface area contributed by atoms with Gasteiger partial charge < -0.3 is 10.1 Å². The van der Waals surface area contributed by atoms with E-state index in [4.69, 9.17) is 5.26 Å². The third kappa shape index (κ3) is 36.4. The number of ether oxygens (including phenoxy) is 1. The second-order valence-electron chi connectivity index (χ2n) is 15.9. The number of isocyanates is 5. The highest BCUT2D eigenvalue weighted by Crippen LogP contribution is 2.06. The number of hydrogen-bond acceptors (Lipinski definition) is 17. The molecule has 1 rings (SSSR count). The lowest BCUT2D eigenvalue weighted by atomic mass is 10.2. The van der Waals surface area contributed by atoms with E-state index < -0.39 is 29.1 Å². The van der Waals surface area contributed by atoms with Crippen molar-refractivity contribution in [3.05, 3.63) is 31.5 Å². The molecule has 23 heteroatoms. The highest BCUT2D eigenvalue weighted by molar-refractivity contribution is 5.93. The lowest BCUT2D eigenvalue weighted by molar-refractivity contribution is 0.184. The smallest absolute Gasteiger partial charge is 0.346 e. The van der Waals surface area contributed by atoms with Crippen molar-refractivity contribution in [1.29, 1.82) is 5.26 Å². The van der Waals surface area contributed by atoms with Gasteiger partial charge in [-0.25, -0.2) is 91.9 Å². The van der Waals surface area contributed by atoms with Gasteiger partial charge in [-0.15, -0.1) is 0 Å². The maximum absolute atomic E-state index is 13.0. The number of urea groups is 2. The number of nitriles is 1. The summed E-state index contributed by atoms with van der Waals surface area (Å²) in [5.74, 6) is 0. The van der Waals surface area contributed by atoms with E-state index in [0.29, 0.717) is 71.4 Å². The molecule has 0 aromatic carbocycles. The Morgan fingerprint density at radius 2 is 0.871 bits per heavy atom. The fourth-order valence-corrected chi connectivity index (χ4v) is 6.61. The lowest BCUT2D eigenvalue weighted by Gasteiger charge is -2.20. The summed E-state index contributed by atoms with van der Waals surface area (Å²) < 4.78 is 8.07. The highest BCUT2D eigenvalue weighted by atomic mass is 16.5. The quantitative estimate of drug-likeness (QED) is 0.0239. The Morgan fingerprint density at radius 1 is 0.500 bits per heavy atom. The Morgan fingerprint density at radius 3 is 1.24 bits per heavy atom. The molecule has 1 aromatic rings. The van der Waals surface area contributed by atoms with Gasteiger partial charge in [0.1, 0.15) is 6.61 Å². The summed E-state index contributed by atoms with van der Waals surface area (Å²) in [4.78, 5) is 128. The fraction of sp³-hybridized carbons (Fsp3) is 0.766. The van der Waals surface area contributed by atoms with Crippen LogP contribution in [0.15, 0.2) is 39.5 Å². The molecule has 0 aliphatic heterocycles. The normalized spacial score (nSPS) is 9.79. The number of carbonyl (C=O) groups is 2. The molecule has 23 nitrogen and oxygen atoms in total. The van der Waals surface area contributed by atoms with Gasteiger partial charge in [-0.3, -0.25) is 0 Å². The summed E-state index contributed by atoms with van der Waals surface area (Å²) in [6.07, 6.45) is 28.9. The van der Waals surface area contributed by atoms with E-state index in [-0.39, 0.29) is 26.2 Å². The molecule has 0 spiro atoms. The topological polar surface area (TPSA) is 308 Å². The van der Waals surface area contributed by atoms with E-state index in [2.05, 4.69) is 49.0 Å². The number of carbonyl (C=O) groups excluding carboxylic acids is 7. The average molecular weight is 985 g/mol. The van der Waals surface area contributed by atoms with Crippen LogP contribution in [0.1, 0.15) is 168 Å². The van der Waals surface area contributed by atoms with Gasteiger partial charge in [0.05, 0.1) is 26.2 Å². The first-order chi connectivity index (χ1) is 34.2. The van der Waals surface area contributed by atoms with Gasteiger partial charge in [0.2, 0.25) is 24.3 Å². The summed E-state index contributed by atoms with van der Waals surface area (Å²) in [6, 6.07) is -1.38. The molecule has 70 heavy (non-hydrogen) atoms. The minimum absolute atomic E-state index is 0.159. The van der Waals surface area contributed by atoms with Crippen molar-refractivity contribution < 1.29 is 38.3 Å². The first-order valence-electron chi connectivity index (χ1n) is 24.7. The summed E-state index contributed by atoms with van der Waals surface area (Å²) in [5.41, 5.74) is 0.166. The number of aliphatic imine (C=N–C) groups is 4. The van der Waals surface area contributed by atoms with Crippen molar-refractivity contribution in [2.45, 2.75) is 188 Å². The van der Waals surface area contributed by atoms with Gasteiger partial charge in [-0.05, 0) is 70.6 Å². The van der Waals surface area contributed by atoms with E-state index in [9.17, 15) is 47.9 Å². The summed E-state index contributed by atoms with van der Waals surface area (Å²) in [5, 5.41) is 14.0. The molecule has 1 aromatic heterocycles. The minimum atomic E-state index is -0.807. The lowest BCUT2D eigenvalue weighted by Crippen LogP contribution is -2.54. The SMILES string of the molecule is CCCCCC.N#COCCCCCCn1c(=O)n(CCCCCCN=C=O)c(=O)n(CCCCCCN=C=O)c1=O.O=C=NCCCCCCNC(=O)N(CCCCCCN=C=O)C(=O)NN=C=O. The van der Waals surface area contributed by atoms with Crippen molar-refractivity contribution in [2.75, 3.05) is 45.9 Å². The van der Waals surface area contributed by atoms with Gasteiger partial charge in [0.25, 0.3) is 12.3 Å². The molecule has 2 N–H and O–H groups in total. The zero-order valence-electron chi connectivity index (χ0n) is 41.5. The van der Waals surface area contributed by atoms with Crippen LogP contribution in [0.3, 0.4) is 0 Å². The van der Waals surface area contributed by atoms with Crippen LogP contribution >= 0.6 is 0 Å². The Kier molecular flexibility index (Phi) is 46.9. The second kappa shape index (κ2) is 50.2. The molecule has 1 heterocycles. The van der Waals surface area contributed by atoms with Crippen molar-refractivity contribution in [3.63, 3.8) is 0 Å². The van der Waals surface area contributed by atoms with Crippen LogP contribution in [0.2, 0.25) is 0 Å². The van der Waals surface area contributed by atoms with Crippen molar-refractivity contribution in [2.24, 2.45) is 25.1 Å². The van der Waals surface area contributed by atoms with Gasteiger partial charge >= 0.3 is 29.1 Å². The van der Waals surface area contributed by atoms with E-state index in [1.54, 1.807) is 6.26 Å². The molecule has 0 fully saturated rings. The first kappa shape index (κ1) is 65.4. The first-order valence-corrected chi connectivity index (χ1v) is 24.7. The van der Waals surface area contributed by atoms with Crippen LogP contribution in [0.25, 0.3) is 0 Å². The molecule has 390 valence electrons. The summed E-state index contributed by atoms with van der Waals surface area (Å²) in [7, 11) is 0. The number of amides is 4. The Hall–Kier alpha value is -6.66. The Balaban J connectivity index is 0. The minimum Gasteiger partial charge on any atom is -0.428 e. The predicted molar refractivity (Wildman–Crippen MR) is 262 cm³/mol. The Labute approximate surface area is 410 Å². The number of hydrazone groups is 1. The third-order valence-corrected chi connectivity index (χ3v) is 10.4. The van der Waals surface area contributed by atoms with Gasteiger partial charge in [-0.2, -0.15) is 5.26 Å². The second-order valence-corrected chi connectivity index (χ2v) is 15.9. The van der Waals surface area contributed by atoms with Crippen LogP contribution in [0, 0.1) is 11.5 Å². The van der Waals surface area contributed by atoms with Crippen molar-refractivity contribution in [3.8, 4) is 6.26 Å². The van der Waals surface area contributed by atoms with E-state index >= 15 is 0 Å². The summed E-state index contributed by atoms with van der Waals surface area (Å²) >= 11 is 0. The molecular formula is C47H76N12O11. The van der Waals surface area contributed by atoms with E-state index in [0.717, 1.165) is 115 Å². The molecule has 4 amide bonds. The van der Waals surface area contributed by atoms with Crippen LogP contribution in [-0.4, -0.2) is 107 Å². The molecule has 0 radical (unpaired) electrons. The van der Waals surface area contributed by atoms with Gasteiger partial charge in [-0.1, -0.05) is 102 Å². The van der Waals surface area contributed by atoms with Crippen LogP contribution in [0.4, 0.5) is 9.59 Å². The number of rotatable bonds is 39. The van der Waals surface area contributed by atoms with Crippen molar-refractivity contribution >= 4 is 42.5 Å². The maximum Gasteiger partial charge on any atom is 0.346 e. The molecular weight excluding hydrogens is 909 g/mol. The molecule has 0 unspecified atom stereocenters. The predicted octanol–water partition coefficient (Wildman–Crippen LogP) is 6.36. The number of imide groups is 1. The third-order valence-electron chi connectivity index (χ3n) is 10.4. The van der Waals surface area contributed by atoms with Crippen molar-refractivity contribution in [1.82, 2.24) is 29.3 Å². The largest absolute Gasteiger partial charge is 0.428 e.